The molecule has 106 valence electrons. The number of nitrogens with two attached hydrogens (primary N) is 1. The Labute approximate surface area is 112 Å². The molecule has 1 heterocycles. The SMILES string of the molecule is Cc1ccc(N)c(-c2nnnn2C2(C(F)(F)F)CC2)c1. The topological polar surface area (TPSA) is 69.6 Å². The van der Waals surface area contributed by atoms with E-state index in [1.54, 1.807) is 18.2 Å². The Morgan fingerprint density at radius 2 is 2.00 bits per heavy atom. The second kappa shape index (κ2) is 3.94. The lowest BCUT2D eigenvalue weighted by atomic mass is 10.1. The number of nitrogens with zero attached hydrogens (tertiary/aromatic N) is 4. The largest absolute Gasteiger partial charge is 0.413 e. The molecule has 5 nitrogen and oxygen atoms in total. The van der Waals surface area contributed by atoms with Crippen molar-refractivity contribution in [1.29, 1.82) is 0 Å². The van der Waals surface area contributed by atoms with E-state index in [1.807, 2.05) is 6.92 Å². The summed E-state index contributed by atoms with van der Waals surface area (Å²) in [4.78, 5) is 0. The molecule has 2 aromatic rings. The number of anilines is 1. The second-order valence-electron chi connectivity index (χ2n) is 5.03. The van der Waals surface area contributed by atoms with Crippen LogP contribution in [0.2, 0.25) is 0 Å². The molecule has 1 aromatic heterocycles. The number of halogens is 3. The molecular weight excluding hydrogens is 271 g/mol. The van der Waals surface area contributed by atoms with Crippen LogP contribution in [0.25, 0.3) is 11.4 Å². The Kier molecular flexibility index (Phi) is 2.54. The van der Waals surface area contributed by atoms with Crippen LogP contribution < -0.4 is 5.73 Å². The van der Waals surface area contributed by atoms with Crippen molar-refractivity contribution < 1.29 is 13.2 Å². The molecule has 0 atom stereocenters. The van der Waals surface area contributed by atoms with Gasteiger partial charge < -0.3 is 5.73 Å². The van der Waals surface area contributed by atoms with Gasteiger partial charge in [-0.2, -0.15) is 13.2 Å². The number of alkyl halides is 3. The van der Waals surface area contributed by atoms with Crippen molar-refractivity contribution >= 4 is 5.69 Å². The molecule has 0 radical (unpaired) electrons. The zero-order valence-electron chi connectivity index (χ0n) is 10.6. The molecule has 2 N–H and O–H groups in total. The van der Waals surface area contributed by atoms with Gasteiger partial charge >= 0.3 is 6.18 Å². The average Bonchev–Trinajstić information content (AvgIpc) is 3.05. The van der Waals surface area contributed by atoms with Gasteiger partial charge in [-0.3, -0.25) is 0 Å². The Bertz CT molecular complexity index is 657. The van der Waals surface area contributed by atoms with Gasteiger partial charge in [0.25, 0.3) is 0 Å². The van der Waals surface area contributed by atoms with E-state index in [0.717, 1.165) is 10.2 Å². The number of aryl methyl sites for hydroxylation is 1. The van der Waals surface area contributed by atoms with Gasteiger partial charge in [0.15, 0.2) is 11.4 Å². The van der Waals surface area contributed by atoms with Gasteiger partial charge in [0, 0.05) is 11.3 Å². The predicted octanol–water partition coefficient (Wildman–Crippen LogP) is 2.28. The third-order valence-electron chi connectivity index (χ3n) is 3.58. The number of hydrogen-bond acceptors (Lipinski definition) is 4. The predicted molar refractivity (Wildman–Crippen MR) is 65.7 cm³/mol. The number of benzene rings is 1. The van der Waals surface area contributed by atoms with Crippen LogP contribution in [-0.2, 0) is 5.54 Å². The van der Waals surface area contributed by atoms with Crippen molar-refractivity contribution in [1.82, 2.24) is 20.2 Å². The first-order chi connectivity index (χ1) is 9.35. The van der Waals surface area contributed by atoms with Gasteiger partial charge in [0.05, 0.1) is 0 Å². The molecule has 1 aliphatic carbocycles. The highest BCUT2D eigenvalue weighted by Gasteiger charge is 2.66. The van der Waals surface area contributed by atoms with Crippen molar-refractivity contribution in [2.24, 2.45) is 0 Å². The first-order valence-corrected chi connectivity index (χ1v) is 6.07. The summed E-state index contributed by atoms with van der Waals surface area (Å²) in [7, 11) is 0. The minimum absolute atomic E-state index is 0.0136. The lowest BCUT2D eigenvalue weighted by Gasteiger charge is -2.20. The summed E-state index contributed by atoms with van der Waals surface area (Å²) in [5.41, 5.74) is 5.50. The van der Waals surface area contributed by atoms with E-state index < -0.39 is 11.7 Å². The Morgan fingerprint density at radius 3 is 2.60 bits per heavy atom. The summed E-state index contributed by atoms with van der Waals surface area (Å²) in [6.45, 7) is 1.83. The van der Waals surface area contributed by atoms with Crippen LogP contribution in [0, 0.1) is 6.92 Å². The third-order valence-corrected chi connectivity index (χ3v) is 3.58. The molecule has 1 aromatic carbocycles. The van der Waals surface area contributed by atoms with Gasteiger partial charge in [-0.25, -0.2) is 4.68 Å². The molecule has 0 aliphatic heterocycles. The van der Waals surface area contributed by atoms with E-state index in [2.05, 4.69) is 15.5 Å². The van der Waals surface area contributed by atoms with Crippen LogP contribution in [0.1, 0.15) is 18.4 Å². The summed E-state index contributed by atoms with van der Waals surface area (Å²) in [5, 5.41) is 10.7. The van der Waals surface area contributed by atoms with Crippen LogP contribution in [0.4, 0.5) is 18.9 Å². The minimum atomic E-state index is -4.38. The number of nitrogen functional groups attached to an aromatic ring is 1. The number of tetrazole rings is 1. The van der Waals surface area contributed by atoms with Gasteiger partial charge in [0.1, 0.15) is 0 Å². The molecule has 0 amide bonds. The fourth-order valence-corrected chi connectivity index (χ4v) is 2.24. The summed E-state index contributed by atoms with van der Waals surface area (Å²) < 4.78 is 40.4. The van der Waals surface area contributed by atoms with Gasteiger partial charge in [-0.1, -0.05) is 11.6 Å². The Hall–Kier alpha value is -2.12. The third kappa shape index (κ3) is 1.75. The van der Waals surface area contributed by atoms with Crippen molar-refractivity contribution in [2.45, 2.75) is 31.5 Å². The van der Waals surface area contributed by atoms with E-state index >= 15 is 0 Å². The summed E-state index contributed by atoms with van der Waals surface area (Å²) in [6.07, 6.45) is -4.41. The monoisotopic (exact) mass is 283 g/mol. The van der Waals surface area contributed by atoms with Crippen LogP contribution in [0.15, 0.2) is 18.2 Å². The molecule has 0 bridgehead atoms. The quantitative estimate of drug-likeness (QED) is 0.858. The molecule has 1 fully saturated rings. The molecule has 0 unspecified atom stereocenters. The average molecular weight is 283 g/mol. The maximum Gasteiger partial charge on any atom is 0.413 e. The van der Waals surface area contributed by atoms with E-state index in [9.17, 15) is 13.2 Å². The van der Waals surface area contributed by atoms with Crippen molar-refractivity contribution in [3.05, 3.63) is 23.8 Å². The first-order valence-electron chi connectivity index (χ1n) is 6.07. The van der Waals surface area contributed by atoms with E-state index in [0.29, 0.717) is 11.3 Å². The highest BCUT2D eigenvalue weighted by Crippen LogP contribution is 2.56. The molecule has 1 saturated carbocycles. The van der Waals surface area contributed by atoms with E-state index in [-0.39, 0.29) is 18.7 Å². The maximum atomic E-state index is 13.2. The van der Waals surface area contributed by atoms with E-state index in [4.69, 9.17) is 5.73 Å². The summed E-state index contributed by atoms with van der Waals surface area (Å²) in [6, 6.07) is 5.10. The molecule has 0 saturated heterocycles. The highest BCUT2D eigenvalue weighted by molar-refractivity contribution is 5.72. The van der Waals surface area contributed by atoms with Gasteiger partial charge in [-0.05, 0) is 42.3 Å². The molecule has 20 heavy (non-hydrogen) atoms. The number of rotatable bonds is 2. The lowest BCUT2D eigenvalue weighted by molar-refractivity contribution is -0.182. The molecule has 1 aliphatic rings. The van der Waals surface area contributed by atoms with Crippen molar-refractivity contribution in [3.63, 3.8) is 0 Å². The molecule has 3 rings (SSSR count). The van der Waals surface area contributed by atoms with Crippen LogP contribution >= 0.6 is 0 Å². The first kappa shape index (κ1) is 12.9. The highest BCUT2D eigenvalue weighted by atomic mass is 19.4. The van der Waals surface area contributed by atoms with Gasteiger partial charge in [0.2, 0.25) is 0 Å². The van der Waals surface area contributed by atoms with Crippen LogP contribution in [0.5, 0.6) is 0 Å². The normalized spacial score (nSPS) is 17.2. The Balaban J connectivity index is 2.15. The van der Waals surface area contributed by atoms with Crippen LogP contribution in [-0.4, -0.2) is 26.4 Å². The van der Waals surface area contributed by atoms with Crippen LogP contribution in [0.3, 0.4) is 0 Å². The molecule has 0 spiro atoms. The molecule has 8 heteroatoms. The fourth-order valence-electron chi connectivity index (χ4n) is 2.24. The summed E-state index contributed by atoms with van der Waals surface area (Å²) >= 11 is 0. The smallest absolute Gasteiger partial charge is 0.398 e. The van der Waals surface area contributed by atoms with Gasteiger partial charge in [-0.15, -0.1) is 5.10 Å². The van der Waals surface area contributed by atoms with E-state index in [1.165, 1.54) is 0 Å². The molecular formula is C12H12F3N5. The maximum absolute atomic E-state index is 13.2. The fraction of sp³-hybridized carbons (Fsp3) is 0.417. The Morgan fingerprint density at radius 1 is 1.30 bits per heavy atom. The lowest BCUT2D eigenvalue weighted by Crippen LogP contribution is -2.36. The van der Waals surface area contributed by atoms with Crippen molar-refractivity contribution in [3.8, 4) is 11.4 Å². The summed E-state index contributed by atoms with van der Waals surface area (Å²) in [5.74, 6) is 0.0565. The zero-order valence-corrected chi connectivity index (χ0v) is 10.6. The second-order valence-corrected chi connectivity index (χ2v) is 5.03. The number of hydrogen-bond donors (Lipinski definition) is 1. The minimum Gasteiger partial charge on any atom is -0.398 e. The standard InChI is InChI=1S/C12H12F3N5/c1-7-2-3-9(16)8(6-7)10-17-18-19-20(10)11(4-5-11)12(13,14)15/h2-3,6H,4-5,16H2,1H3. The zero-order chi connectivity index (χ0) is 14.5. The van der Waals surface area contributed by atoms with Crippen molar-refractivity contribution in [2.75, 3.05) is 5.73 Å². The number of aromatic nitrogens is 4.